The highest BCUT2D eigenvalue weighted by Crippen LogP contribution is 2.23. The second-order valence-corrected chi connectivity index (χ2v) is 8.15. The molecule has 1 aromatic carbocycles. The van der Waals surface area contributed by atoms with Crippen LogP contribution < -0.4 is 5.32 Å². The van der Waals surface area contributed by atoms with Crippen molar-refractivity contribution in [2.75, 3.05) is 46.4 Å². The second-order valence-electron chi connectivity index (χ2n) is 8.15. The van der Waals surface area contributed by atoms with Crippen molar-refractivity contribution in [3.63, 3.8) is 0 Å². The standard InChI is InChI=1S/C21H28FN5O3.CH2O2/c1-26-6-8-27(9-7-26)13-18-20(28)17(5-10-30-18)24-21(29)16-12-23-25-19(16)14-3-2-4-15(22)11-14;2-1-3/h2-4,11-12,17-18,20,28H,5-10,13H2,1H3,(H,23,25)(H,24,29);1H,(H,2,3)/t17-,18+,20-;/m0./s1. The number of aromatic nitrogens is 2. The molecule has 0 radical (unpaired) electrons. The van der Waals surface area contributed by atoms with E-state index in [0.717, 1.165) is 26.2 Å². The predicted octanol–water partition coefficient (Wildman–Crippen LogP) is 0.412. The number of likely N-dealkylation sites (N-methyl/N-ethyl adjacent to an activating group) is 1. The lowest BCUT2D eigenvalue weighted by atomic mass is 9.98. The van der Waals surface area contributed by atoms with Crippen molar-refractivity contribution in [1.82, 2.24) is 25.3 Å². The highest BCUT2D eigenvalue weighted by atomic mass is 19.1. The fraction of sp³-hybridized carbons (Fsp3) is 0.500. The van der Waals surface area contributed by atoms with Crippen LogP contribution in [-0.2, 0) is 9.53 Å². The van der Waals surface area contributed by atoms with E-state index in [2.05, 4.69) is 32.4 Å². The van der Waals surface area contributed by atoms with Crippen LogP contribution in [0.3, 0.4) is 0 Å². The van der Waals surface area contributed by atoms with E-state index in [4.69, 9.17) is 14.6 Å². The van der Waals surface area contributed by atoms with Gasteiger partial charge in [0.15, 0.2) is 0 Å². The molecule has 2 saturated heterocycles. The lowest BCUT2D eigenvalue weighted by Crippen LogP contribution is -2.57. The average molecular weight is 464 g/mol. The van der Waals surface area contributed by atoms with Crippen molar-refractivity contribution >= 4 is 12.4 Å². The highest BCUT2D eigenvalue weighted by Gasteiger charge is 2.35. The third-order valence-electron chi connectivity index (χ3n) is 5.90. The number of amides is 1. The zero-order chi connectivity index (χ0) is 23.8. The van der Waals surface area contributed by atoms with Gasteiger partial charge in [-0.15, -0.1) is 0 Å². The van der Waals surface area contributed by atoms with Gasteiger partial charge in [-0.3, -0.25) is 19.6 Å². The van der Waals surface area contributed by atoms with Crippen molar-refractivity contribution in [1.29, 1.82) is 0 Å². The first kappa shape index (κ1) is 24.8. The average Bonchev–Trinajstić information content (AvgIpc) is 3.29. The van der Waals surface area contributed by atoms with E-state index in [1.807, 2.05) is 0 Å². The Balaban J connectivity index is 0.000000968. The van der Waals surface area contributed by atoms with Crippen molar-refractivity contribution in [2.24, 2.45) is 0 Å². The number of nitrogens with one attached hydrogen (secondary N) is 2. The van der Waals surface area contributed by atoms with Crippen molar-refractivity contribution in [2.45, 2.75) is 24.7 Å². The number of hydrogen-bond acceptors (Lipinski definition) is 7. The van der Waals surface area contributed by atoms with E-state index < -0.39 is 12.1 Å². The van der Waals surface area contributed by atoms with Crippen molar-refractivity contribution in [3.05, 3.63) is 41.8 Å². The van der Waals surface area contributed by atoms with Gasteiger partial charge < -0.3 is 25.2 Å². The van der Waals surface area contributed by atoms with Gasteiger partial charge in [0, 0.05) is 44.9 Å². The molecular formula is C22H30FN5O5. The number of carbonyl (C=O) groups is 2. The summed E-state index contributed by atoms with van der Waals surface area (Å²) in [5, 5.41) is 27.4. The topological polar surface area (TPSA) is 131 Å². The van der Waals surface area contributed by atoms with Gasteiger partial charge in [-0.05, 0) is 25.6 Å². The first-order valence-electron chi connectivity index (χ1n) is 10.8. The molecule has 0 bridgehead atoms. The van der Waals surface area contributed by atoms with Gasteiger partial charge in [-0.1, -0.05) is 12.1 Å². The van der Waals surface area contributed by atoms with Crippen LogP contribution in [0.2, 0.25) is 0 Å². The number of piperazine rings is 1. The summed E-state index contributed by atoms with van der Waals surface area (Å²) in [6.45, 7) is 4.72. The normalized spacial score (nSPS) is 23.9. The number of carbonyl (C=O) groups excluding carboxylic acids is 1. The largest absolute Gasteiger partial charge is 0.483 e. The third kappa shape index (κ3) is 6.57. The van der Waals surface area contributed by atoms with E-state index >= 15 is 0 Å². The Bertz CT molecular complexity index is 918. The molecule has 2 aliphatic heterocycles. The molecule has 11 heteroatoms. The Morgan fingerprint density at radius 3 is 2.79 bits per heavy atom. The number of rotatable bonds is 5. The number of carboxylic acid groups (broad SMARTS) is 1. The summed E-state index contributed by atoms with van der Waals surface area (Å²) < 4.78 is 19.4. The van der Waals surface area contributed by atoms with Crippen LogP contribution in [0.15, 0.2) is 30.5 Å². The quantitative estimate of drug-likeness (QED) is 0.469. The summed E-state index contributed by atoms with van der Waals surface area (Å²) in [5.74, 6) is -0.743. The van der Waals surface area contributed by atoms with Gasteiger partial charge in [0.25, 0.3) is 12.4 Å². The first-order valence-corrected chi connectivity index (χ1v) is 10.8. The number of benzene rings is 1. The summed E-state index contributed by atoms with van der Waals surface area (Å²) in [5.41, 5.74) is 1.30. The number of nitrogens with zero attached hydrogens (tertiary/aromatic N) is 3. The number of aliphatic hydroxyl groups is 1. The Morgan fingerprint density at radius 2 is 2.09 bits per heavy atom. The molecule has 2 fully saturated rings. The molecule has 10 nitrogen and oxygen atoms in total. The molecule has 3 heterocycles. The minimum Gasteiger partial charge on any atom is -0.483 e. The molecule has 1 amide bonds. The van der Waals surface area contributed by atoms with Gasteiger partial charge in [0.05, 0.1) is 29.6 Å². The molecule has 4 N–H and O–H groups in total. The fourth-order valence-electron chi connectivity index (χ4n) is 4.05. The van der Waals surface area contributed by atoms with Crippen LogP contribution >= 0.6 is 0 Å². The molecular weight excluding hydrogens is 433 g/mol. The van der Waals surface area contributed by atoms with Crippen molar-refractivity contribution in [3.8, 4) is 11.3 Å². The van der Waals surface area contributed by atoms with E-state index in [9.17, 15) is 14.3 Å². The van der Waals surface area contributed by atoms with Crippen LogP contribution in [0.1, 0.15) is 16.8 Å². The number of aliphatic hydroxyl groups excluding tert-OH is 1. The number of hydrogen-bond donors (Lipinski definition) is 4. The second kappa shape index (κ2) is 11.8. The van der Waals surface area contributed by atoms with E-state index in [1.54, 1.807) is 12.1 Å². The first-order chi connectivity index (χ1) is 15.9. The van der Waals surface area contributed by atoms with Crippen molar-refractivity contribution < 1.29 is 28.9 Å². The number of halogens is 1. The Kier molecular flexibility index (Phi) is 8.89. The summed E-state index contributed by atoms with van der Waals surface area (Å²) in [6, 6.07) is 5.57. The maximum Gasteiger partial charge on any atom is 0.290 e. The zero-order valence-electron chi connectivity index (χ0n) is 18.5. The fourth-order valence-corrected chi connectivity index (χ4v) is 4.05. The van der Waals surface area contributed by atoms with E-state index in [-0.39, 0.29) is 24.3 Å². The summed E-state index contributed by atoms with van der Waals surface area (Å²) in [6.07, 6.45) is 0.800. The number of aromatic amines is 1. The van der Waals surface area contributed by atoms with E-state index in [0.29, 0.717) is 36.4 Å². The van der Waals surface area contributed by atoms with Gasteiger partial charge >= 0.3 is 0 Å². The van der Waals surface area contributed by atoms with Crippen LogP contribution in [-0.4, -0.2) is 107 Å². The molecule has 1 aromatic heterocycles. The molecule has 0 spiro atoms. The Hall–Kier alpha value is -2.86. The predicted molar refractivity (Wildman–Crippen MR) is 118 cm³/mol. The molecule has 4 rings (SSSR count). The van der Waals surface area contributed by atoms with Crippen LogP contribution in [0.4, 0.5) is 4.39 Å². The lowest BCUT2D eigenvalue weighted by Gasteiger charge is -2.40. The smallest absolute Gasteiger partial charge is 0.290 e. The molecule has 2 aliphatic rings. The summed E-state index contributed by atoms with van der Waals surface area (Å²) in [7, 11) is 2.10. The van der Waals surface area contributed by atoms with Gasteiger partial charge in [0.1, 0.15) is 11.9 Å². The minimum atomic E-state index is -0.799. The van der Waals surface area contributed by atoms with Gasteiger partial charge in [0.2, 0.25) is 0 Å². The minimum absolute atomic E-state index is 0.250. The van der Waals surface area contributed by atoms with Crippen LogP contribution in [0.5, 0.6) is 0 Å². The maximum absolute atomic E-state index is 13.6. The van der Waals surface area contributed by atoms with Gasteiger partial charge in [-0.25, -0.2) is 4.39 Å². The molecule has 2 aromatic rings. The number of H-pyrrole nitrogens is 1. The maximum atomic E-state index is 13.6. The molecule has 3 atom stereocenters. The Labute approximate surface area is 191 Å². The number of ether oxygens (including phenoxy) is 1. The zero-order valence-corrected chi connectivity index (χ0v) is 18.5. The SMILES string of the molecule is CN1CCN(C[C@H]2OCC[C@H](NC(=O)c3cn[nH]c3-c3cccc(F)c3)[C@@H]2O)CC1.O=CO. The summed E-state index contributed by atoms with van der Waals surface area (Å²) in [4.78, 5) is 25.8. The molecule has 0 aliphatic carbocycles. The summed E-state index contributed by atoms with van der Waals surface area (Å²) >= 11 is 0. The molecule has 0 saturated carbocycles. The Morgan fingerprint density at radius 1 is 1.36 bits per heavy atom. The van der Waals surface area contributed by atoms with Crippen LogP contribution in [0, 0.1) is 5.82 Å². The van der Waals surface area contributed by atoms with E-state index in [1.165, 1.54) is 18.3 Å². The van der Waals surface area contributed by atoms with Crippen LogP contribution in [0.25, 0.3) is 11.3 Å². The molecule has 33 heavy (non-hydrogen) atoms. The molecule has 0 unspecified atom stereocenters. The molecule has 180 valence electrons. The lowest BCUT2D eigenvalue weighted by molar-refractivity contribution is -0.122. The third-order valence-corrected chi connectivity index (χ3v) is 5.90. The highest BCUT2D eigenvalue weighted by molar-refractivity contribution is 5.99. The van der Waals surface area contributed by atoms with Gasteiger partial charge in [-0.2, -0.15) is 5.10 Å². The monoisotopic (exact) mass is 463 g/mol.